The Morgan fingerprint density at radius 3 is 2.42 bits per heavy atom. The van der Waals surface area contributed by atoms with E-state index < -0.39 is 12.2 Å². The van der Waals surface area contributed by atoms with Crippen LogP contribution in [0.1, 0.15) is 93.9 Å². The molecule has 1 aliphatic carbocycles. The van der Waals surface area contributed by atoms with Crippen molar-refractivity contribution in [2.75, 3.05) is 37.5 Å². The van der Waals surface area contributed by atoms with Gasteiger partial charge in [-0.2, -0.15) is 0 Å². The lowest BCUT2D eigenvalue weighted by Crippen LogP contribution is -2.45. The van der Waals surface area contributed by atoms with Crippen molar-refractivity contribution in [3.63, 3.8) is 0 Å². The molecule has 4 aromatic carbocycles. The van der Waals surface area contributed by atoms with Gasteiger partial charge in [-0.05, 0) is 99.5 Å². The van der Waals surface area contributed by atoms with E-state index in [4.69, 9.17) is 16.3 Å². The maximum absolute atomic E-state index is 13.3. The van der Waals surface area contributed by atoms with Crippen LogP contribution in [0.4, 0.5) is 16.2 Å². The van der Waals surface area contributed by atoms with Gasteiger partial charge in [-0.1, -0.05) is 86.3 Å². The number of H-pyrrole nitrogens is 1. The Balaban J connectivity index is 1.06. The Bertz CT molecular complexity index is 2350. The zero-order valence-electron chi connectivity index (χ0n) is 36.0. The Morgan fingerprint density at radius 1 is 0.935 bits per heavy atom. The number of phenols is 1. The highest BCUT2D eigenvalue weighted by atomic mass is 35.5. The zero-order valence-corrected chi connectivity index (χ0v) is 36.7. The van der Waals surface area contributed by atoms with Gasteiger partial charge in [-0.3, -0.25) is 14.5 Å². The minimum Gasteiger partial charge on any atom is -0.506 e. The SMILES string of the molecule is CCCCCCN(C)C1CCC(N(C(=O)O)c2cc(CCCC(=O)Nc3cc(OC)c(CNC[C@H](O)c4ccc(O)c5[nH]c(=O)ccc45)cc3Cl)ccc2-c2ccccc2)CC1. The highest BCUT2D eigenvalue weighted by molar-refractivity contribution is 6.33. The molecule has 1 fully saturated rings. The van der Waals surface area contributed by atoms with Crippen molar-refractivity contribution in [3.05, 3.63) is 117 Å². The van der Waals surface area contributed by atoms with Crippen LogP contribution in [0.15, 0.2) is 89.7 Å². The summed E-state index contributed by atoms with van der Waals surface area (Å²) in [6.07, 6.45) is 7.84. The molecule has 2 amide bonds. The van der Waals surface area contributed by atoms with Crippen LogP contribution in [0.25, 0.3) is 22.0 Å². The molecule has 1 atom stereocenters. The third-order valence-corrected chi connectivity index (χ3v) is 12.4. The molecule has 0 radical (unpaired) electrons. The summed E-state index contributed by atoms with van der Waals surface area (Å²) < 4.78 is 5.63. The van der Waals surface area contributed by atoms with Crippen molar-refractivity contribution in [2.45, 2.75) is 102 Å². The fourth-order valence-electron chi connectivity index (χ4n) is 8.66. The van der Waals surface area contributed by atoms with Crippen molar-refractivity contribution in [2.24, 2.45) is 0 Å². The average Bonchev–Trinajstić information content (AvgIpc) is 3.26. The van der Waals surface area contributed by atoms with Gasteiger partial charge in [0.25, 0.3) is 0 Å². The number of aryl methyl sites for hydroxylation is 1. The van der Waals surface area contributed by atoms with Gasteiger partial charge >= 0.3 is 6.09 Å². The summed E-state index contributed by atoms with van der Waals surface area (Å²) in [4.78, 5) is 44.8. The molecule has 1 saturated carbocycles. The maximum Gasteiger partial charge on any atom is 0.412 e. The molecule has 13 heteroatoms. The molecular weight excluding hydrogens is 806 g/mol. The van der Waals surface area contributed by atoms with E-state index in [1.165, 1.54) is 44.9 Å². The van der Waals surface area contributed by atoms with Gasteiger partial charge in [0.05, 0.1) is 35.1 Å². The lowest BCUT2D eigenvalue weighted by molar-refractivity contribution is -0.116. The number of carboxylic acid groups (broad SMARTS) is 1. The van der Waals surface area contributed by atoms with E-state index in [0.29, 0.717) is 64.1 Å². The minimum atomic E-state index is -0.954. The van der Waals surface area contributed by atoms with Gasteiger partial charge in [-0.25, -0.2) is 4.79 Å². The smallest absolute Gasteiger partial charge is 0.412 e. The summed E-state index contributed by atoms with van der Waals surface area (Å²) >= 11 is 6.66. The number of fused-ring (bicyclic) bond motifs is 1. The van der Waals surface area contributed by atoms with Crippen molar-refractivity contribution < 1.29 is 29.6 Å². The number of carbonyl (C=O) groups excluding carboxylic acids is 1. The standard InChI is InChI=1S/C49H60ClN5O7/c1-4-5-6-10-26-54(2)35-17-19-36(20-18-35)55(49(60)61)42-27-32(16-21-37(42)33-13-8-7-9-14-33)12-11-15-46(58)52-41-29-45(62-3)34(28-40(41)50)30-51-31-44(57)38-22-24-43(56)48-39(38)23-25-47(59)53-48/h7-9,13-14,16,21-25,27-29,35-36,44,51,56-57H,4-6,10-12,15,17-20,26,30-31H2,1-3H3,(H,52,58)(H,53,59)(H,60,61)/t35?,36?,44-/m0/s1. The number of carbonyl (C=O) groups is 2. The number of aliphatic hydroxyl groups excluding tert-OH is 1. The molecule has 6 N–H and O–H groups in total. The van der Waals surface area contributed by atoms with Crippen LogP contribution in [0.3, 0.4) is 0 Å². The van der Waals surface area contributed by atoms with Crippen molar-refractivity contribution in [1.82, 2.24) is 15.2 Å². The number of methoxy groups -OCH3 is 1. The summed E-state index contributed by atoms with van der Waals surface area (Å²) in [5, 5.41) is 38.9. The molecule has 5 aromatic rings. The highest BCUT2D eigenvalue weighted by Crippen LogP contribution is 2.38. The minimum absolute atomic E-state index is 0.0836. The first-order valence-electron chi connectivity index (χ1n) is 21.8. The molecule has 0 spiro atoms. The fraction of sp³-hybridized carbons (Fsp3) is 0.408. The van der Waals surface area contributed by atoms with E-state index in [1.807, 2.05) is 48.5 Å². The second kappa shape index (κ2) is 22.1. The molecule has 0 saturated heterocycles. The number of amides is 2. The molecule has 330 valence electrons. The number of aromatic amines is 1. The molecular formula is C49H60ClN5O7. The van der Waals surface area contributed by atoms with Crippen LogP contribution in [0.5, 0.6) is 11.5 Å². The molecule has 1 heterocycles. The van der Waals surface area contributed by atoms with Gasteiger partial charge in [0, 0.05) is 60.2 Å². The van der Waals surface area contributed by atoms with E-state index in [0.717, 1.165) is 48.9 Å². The number of aromatic hydroxyl groups is 1. The van der Waals surface area contributed by atoms with Crippen molar-refractivity contribution >= 4 is 45.9 Å². The number of rotatable bonds is 20. The van der Waals surface area contributed by atoms with E-state index in [9.17, 15) is 29.7 Å². The average molecular weight is 867 g/mol. The summed E-state index contributed by atoms with van der Waals surface area (Å²) in [5.74, 6) is 0.196. The quantitative estimate of drug-likeness (QED) is 0.0418. The number of anilines is 2. The molecule has 12 nitrogen and oxygen atoms in total. The Kier molecular flexibility index (Phi) is 16.4. The first-order chi connectivity index (χ1) is 30.0. The first kappa shape index (κ1) is 46.1. The normalized spacial score (nSPS) is 15.7. The predicted octanol–water partition coefficient (Wildman–Crippen LogP) is 9.65. The molecule has 6 rings (SSSR count). The van der Waals surface area contributed by atoms with E-state index >= 15 is 0 Å². The number of benzene rings is 4. The molecule has 0 bridgehead atoms. The zero-order chi connectivity index (χ0) is 44.2. The molecule has 1 aromatic heterocycles. The number of hydrogen-bond acceptors (Lipinski definition) is 8. The van der Waals surface area contributed by atoms with Gasteiger partial charge in [-0.15, -0.1) is 0 Å². The molecule has 0 unspecified atom stereocenters. The summed E-state index contributed by atoms with van der Waals surface area (Å²) in [6, 6.07) is 25.6. The van der Waals surface area contributed by atoms with Crippen LogP contribution < -0.4 is 25.8 Å². The topological polar surface area (TPSA) is 167 Å². The number of halogens is 1. The third kappa shape index (κ3) is 11.7. The highest BCUT2D eigenvalue weighted by Gasteiger charge is 2.33. The second-order valence-corrected chi connectivity index (χ2v) is 16.8. The van der Waals surface area contributed by atoms with Crippen LogP contribution >= 0.6 is 11.6 Å². The Morgan fingerprint density at radius 2 is 1.69 bits per heavy atom. The molecule has 1 aliphatic rings. The van der Waals surface area contributed by atoms with Crippen molar-refractivity contribution in [1.29, 1.82) is 0 Å². The summed E-state index contributed by atoms with van der Waals surface area (Å²) in [6.45, 7) is 3.75. The largest absolute Gasteiger partial charge is 0.506 e. The number of nitrogens with zero attached hydrogens (tertiary/aromatic N) is 2. The fourth-order valence-corrected chi connectivity index (χ4v) is 8.90. The van der Waals surface area contributed by atoms with Gasteiger partial charge < -0.3 is 40.6 Å². The number of hydrogen-bond donors (Lipinski definition) is 6. The summed E-state index contributed by atoms with van der Waals surface area (Å²) in [5.41, 5.74) is 5.02. The number of pyridine rings is 1. The summed E-state index contributed by atoms with van der Waals surface area (Å²) in [7, 11) is 3.73. The van der Waals surface area contributed by atoms with Crippen LogP contribution in [-0.2, 0) is 17.8 Å². The predicted molar refractivity (Wildman–Crippen MR) is 248 cm³/mol. The van der Waals surface area contributed by atoms with Gasteiger partial charge in [0.15, 0.2) is 0 Å². The number of unbranched alkanes of at least 4 members (excludes halogenated alkanes) is 3. The van der Waals surface area contributed by atoms with Crippen LogP contribution in [0, 0.1) is 0 Å². The Labute approximate surface area is 368 Å². The maximum atomic E-state index is 13.3. The Hall–Kier alpha value is -5.40. The second-order valence-electron chi connectivity index (χ2n) is 16.4. The number of aromatic nitrogens is 1. The number of phenolic OH excluding ortho intramolecular Hbond substituents is 1. The molecule has 0 aliphatic heterocycles. The number of ether oxygens (including phenoxy) is 1. The number of aliphatic hydroxyl groups is 1. The first-order valence-corrected chi connectivity index (χ1v) is 22.2. The van der Waals surface area contributed by atoms with Crippen molar-refractivity contribution in [3.8, 4) is 22.6 Å². The van der Waals surface area contributed by atoms with E-state index in [2.05, 4.69) is 34.5 Å². The van der Waals surface area contributed by atoms with Crippen LogP contribution in [-0.4, -0.2) is 76.5 Å². The lowest BCUT2D eigenvalue weighted by Gasteiger charge is -2.39. The van der Waals surface area contributed by atoms with Gasteiger partial charge in [0.2, 0.25) is 11.5 Å². The van der Waals surface area contributed by atoms with E-state index in [1.54, 1.807) is 29.2 Å². The number of nitrogens with one attached hydrogen (secondary N) is 3. The third-order valence-electron chi connectivity index (χ3n) is 12.1. The van der Waals surface area contributed by atoms with Crippen LogP contribution in [0.2, 0.25) is 5.02 Å². The molecule has 62 heavy (non-hydrogen) atoms. The van der Waals surface area contributed by atoms with E-state index in [-0.39, 0.29) is 41.7 Å². The van der Waals surface area contributed by atoms with Gasteiger partial charge in [0.1, 0.15) is 11.5 Å². The lowest BCUT2D eigenvalue weighted by atomic mass is 9.88. The monoisotopic (exact) mass is 865 g/mol.